The molecule has 0 bridgehead atoms. The van der Waals surface area contributed by atoms with Crippen LogP contribution in [0.15, 0.2) is 109 Å². The molecule has 1 fully saturated rings. The molecule has 9 heteroatoms. The Hall–Kier alpha value is -5.28. The summed E-state index contributed by atoms with van der Waals surface area (Å²) in [6, 6.07) is 30.1. The van der Waals surface area contributed by atoms with Gasteiger partial charge < -0.3 is 23.7 Å². The van der Waals surface area contributed by atoms with Gasteiger partial charge in [0.1, 0.15) is 12.7 Å². The highest BCUT2D eigenvalue weighted by molar-refractivity contribution is 5.92. The zero-order chi connectivity index (χ0) is 32.0. The third-order valence-electron chi connectivity index (χ3n) is 7.56. The monoisotopic (exact) mass is 608 g/mol. The van der Waals surface area contributed by atoms with Gasteiger partial charge in [0.2, 0.25) is 11.9 Å². The molecule has 0 aromatic heterocycles. The Morgan fingerprint density at radius 2 is 1.11 bits per heavy atom. The number of hydrogen-bond donors (Lipinski definition) is 0. The lowest BCUT2D eigenvalue weighted by molar-refractivity contribution is -0.175. The summed E-state index contributed by atoms with van der Waals surface area (Å²) < 4.78 is 29.5. The maximum atomic E-state index is 13.5. The smallest absolute Gasteiger partial charge is 0.340 e. The summed E-state index contributed by atoms with van der Waals surface area (Å²) in [7, 11) is 0. The molecule has 4 aromatic rings. The summed E-state index contributed by atoms with van der Waals surface area (Å²) in [4.78, 5) is 53.2. The van der Waals surface area contributed by atoms with Crippen LogP contribution in [-0.4, -0.2) is 54.6 Å². The molecule has 0 amide bonds. The minimum atomic E-state index is -1.87. The number of carbonyl (C=O) groups excluding carboxylic acids is 4. The van der Waals surface area contributed by atoms with E-state index in [0.717, 1.165) is 0 Å². The molecule has 230 valence electrons. The van der Waals surface area contributed by atoms with Crippen molar-refractivity contribution in [3.05, 3.63) is 143 Å². The predicted molar refractivity (Wildman–Crippen MR) is 163 cm³/mol. The molecule has 0 N–H and O–H groups in total. The fraction of sp³-hybridized carbons (Fsp3) is 0.222. The fourth-order valence-corrected chi connectivity index (χ4v) is 5.03. The first-order valence-electron chi connectivity index (χ1n) is 14.4. The number of benzene rings is 4. The van der Waals surface area contributed by atoms with Gasteiger partial charge in [0, 0.05) is 0 Å². The van der Waals surface area contributed by atoms with Crippen molar-refractivity contribution in [2.45, 2.75) is 44.9 Å². The zero-order valence-corrected chi connectivity index (χ0v) is 25.0. The third kappa shape index (κ3) is 6.94. The average Bonchev–Trinajstić information content (AvgIpc) is 3.30. The molecule has 0 spiro atoms. The largest absolute Gasteiger partial charge is 0.459 e. The van der Waals surface area contributed by atoms with Crippen molar-refractivity contribution < 1.29 is 42.9 Å². The standard InChI is InChI=1S/C36H32O9/c1-23-14-10-12-20-27(23)33(39)41-22-29-30(43-34(40)28-21-13-11-15-24(28)2)36(3,45-32(38)26-18-8-5-9-19-26)35(42-29)44-31(37)25-16-6-4-7-17-25/h4-21,29-30,35H,22H2,1-3H3/t29-,30-,35+,36-/m1/s1. The molecule has 1 heterocycles. The molecular formula is C36H32O9. The summed E-state index contributed by atoms with van der Waals surface area (Å²) in [6.45, 7) is 4.57. The Balaban J connectivity index is 1.50. The number of esters is 4. The maximum absolute atomic E-state index is 13.5. The van der Waals surface area contributed by atoms with Crippen molar-refractivity contribution in [1.29, 1.82) is 0 Å². The summed E-state index contributed by atoms with van der Waals surface area (Å²) in [6.07, 6.45) is -4.10. The molecule has 5 rings (SSSR count). The van der Waals surface area contributed by atoms with Crippen LogP contribution in [0.4, 0.5) is 0 Å². The van der Waals surface area contributed by atoms with Crippen molar-refractivity contribution in [3.63, 3.8) is 0 Å². The second-order valence-electron chi connectivity index (χ2n) is 10.8. The minimum absolute atomic E-state index is 0.213. The van der Waals surface area contributed by atoms with E-state index < -0.39 is 54.6 Å². The molecule has 0 unspecified atom stereocenters. The molecule has 9 nitrogen and oxygen atoms in total. The van der Waals surface area contributed by atoms with Gasteiger partial charge >= 0.3 is 23.9 Å². The van der Waals surface area contributed by atoms with Crippen LogP contribution in [0.3, 0.4) is 0 Å². The molecule has 0 radical (unpaired) electrons. The highest BCUT2D eigenvalue weighted by Gasteiger charge is 2.61. The molecule has 4 atom stereocenters. The van der Waals surface area contributed by atoms with Gasteiger partial charge in [0.25, 0.3) is 0 Å². The van der Waals surface area contributed by atoms with E-state index in [1.165, 1.54) is 6.92 Å². The van der Waals surface area contributed by atoms with Crippen LogP contribution in [0.2, 0.25) is 0 Å². The topological polar surface area (TPSA) is 114 Å². The molecule has 45 heavy (non-hydrogen) atoms. The van der Waals surface area contributed by atoms with Crippen LogP contribution >= 0.6 is 0 Å². The SMILES string of the molecule is Cc1ccccc1C(=O)OC[C@H]1O[C@@H](OC(=O)c2ccccc2)[C@](C)(OC(=O)c2ccccc2)[C@@H]1OC(=O)c1ccccc1C. The van der Waals surface area contributed by atoms with E-state index in [4.69, 9.17) is 23.7 Å². The van der Waals surface area contributed by atoms with Crippen LogP contribution in [0, 0.1) is 13.8 Å². The normalized spacial score (nSPS) is 20.6. The number of carbonyl (C=O) groups is 4. The Labute approximate surface area is 260 Å². The summed E-state index contributed by atoms with van der Waals surface area (Å²) >= 11 is 0. The van der Waals surface area contributed by atoms with Gasteiger partial charge in [-0.25, -0.2) is 19.2 Å². The molecule has 0 saturated carbocycles. The minimum Gasteiger partial charge on any atom is -0.459 e. The van der Waals surface area contributed by atoms with Crippen LogP contribution in [-0.2, 0) is 23.7 Å². The van der Waals surface area contributed by atoms with Gasteiger partial charge in [0.05, 0.1) is 22.3 Å². The van der Waals surface area contributed by atoms with Crippen LogP contribution < -0.4 is 0 Å². The van der Waals surface area contributed by atoms with E-state index in [-0.39, 0.29) is 16.7 Å². The molecule has 1 aliphatic heterocycles. The first-order valence-corrected chi connectivity index (χ1v) is 14.4. The van der Waals surface area contributed by atoms with Gasteiger partial charge in [-0.1, -0.05) is 72.8 Å². The lowest BCUT2D eigenvalue weighted by Gasteiger charge is -2.33. The molecule has 1 aliphatic rings. The first-order chi connectivity index (χ1) is 21.7. The van der Waals surface area contributed by atoms with E-state index in [0.29, 0.717) is 16.7 Å². The Morgan fingerprint density at radius 3 is 1.67 bits per heavy atom. The Kier molecular flexibility index (Phi) is 9.39. The van der Waals surface area contributed by atoms with E-state index in [2.05, 4.69) is 0 Å². The van der Waals surface area contributed by atoms with Gasteiger partial charge in [-0.3, -0.25) is 0 Å². The van der Waals surface area contributed by atoms with Crippen molar-refractivity contribution >= 4 is 23.9 Å². The Morgan fingerprint density at radius 1 is 0.622 bits per heavy atom. The summed E-state index contributed by atoms with van der Waals surface area (Å²) in [5.74, 6) is -2.89. The maximum Gasteiger partial charge on any atom is 0.340 e. The van der Waals surface area contributed by atoms with Crippen LogP contribution in [0.5, 0.6) is 0 Å². The van der Waals surface area contributed by atoms with Crippen molar-refractivity contribution in [2.75, 3.05) is 6.61 Å². The van der Waals surface area contributed by atoms with E-state index in [1.807, 2.05) is 0 Å². The molecule has 4 aromatic carbocycles. The second kappa shape index (κ2) is 13.6. The fourth-order valence-electron chi connectivity index (χ4n) is 5.03. The van der Waals surface area contributed by atoms with Crippen LogP contribution in [0.1, 0.15) is 59.5 Å². The lowest BCUT2D eigenvalue weighted by atomic mass is 9.96. The van der Waals surface area contributed by atoms with E-state index >= 15 is 0 Å². The number of rotatable bonds is 9. The van der Waals surface area contributed by atoms with Crippen molar-refractivity contribution in [1.82, 2.24) is 0 Å². The van der Waals surface area contributed by atoms with Gasteiger partial charge in [-0.2, -0.15) is 0 Å². The predicted octanol–water partition coefficient (Wildman–Crippen LogP) is 5.88. The zero-order valence-electron chi connectivity index (χ0n) is 25.0. The Bertz CT molecular complexity index is 1690. The molecular weight excluding hydrogens is 576 g/mol. The quantitative estimate of drug-likeness (QED) is 0.170. The highest BCUT2D eigenvalue weighted by atomic mass is 16.8. The van der Waals surface area contributed by atoms with Crippen LogP contribution in [0.25, 0.3) is 0 Å². The second-order valence-corrected chi connectivity index (χ2v) is 10.8. The van der Waals surface area contributed by atoms with Crippen molar-refractivity contribution in [2.24, 2.45) is 0 Å². The first kappa shape index (κ1) is 31.2. The highest BCUT2D eigenvalue weighted by Crippen LogP contribution is 2.39. The van der Waals surface area contributed by atoms with Gasteiger partial charge in [0.15, 0.2) is 6.10 Å². The number of hydrogen-bond acceptors (Lipinski definition) is 9. The summed E-state index contributed by atoms with van der Waals surface area (Å²) in [5.41, 5.74) is 0.540. The molecule has 1 saturated heterocycles. The average molecular weight is 609 g/mol. The number of aryl methyl sites for hydroxylation is 2. The number of ether oxygens (including phenoxy) is 5. The van der Waals surface area contributed by atoms with Gasteiger partial charge in [-0.05, 0) is 68.3 Å². The van der Waals surface area contributed by atoms with Crippen molar-refractivity contribution in [3.8, 4) is 0 Å². The van der Waals surface area contributed by atoms with Gasteiger partial charge in [-0.15, -0.1) is 0 Å². The molecule has 0 aliphatic carbocycles. The lowest BCUT2D eigenvalue weighted by Crippen LogP contribution is -2.53. The van der Waals surface area contributed by atoms with E-state index in [9.17, 15) is 19.2 Å². The third-order valence-corrected chi connectivity index (χ3v) is 7.56. The van der Waals surface area contributed by atoms with E-state index in [1.54, 1.807) is 123 Å². The summed E-state index contributed by atoms with van der Waals surface area (Å²) in [5, 5.41) is 0.